The monoisotopic (exact) mass is 245 g/mol. The molecule has 2 unspecified atom stereocenters. The maximum absolute atomic E-state index is 11.4. The van der Waals surface area contributed by atoms with Crippen molar-refractivity contribution in [3.8, 4) is 0 Å². The first-order valence-electron chi connectivity index (χ1n) is 5.74. The summed E-state index contributed by atoms with van der Waals surface area (Å²) in [4.78, 5) is 21.7. The topological polar surface area (TPSA) is 66.4 Å². The Morgan fingerprint density at radius 2 is 2.12 bits per heavy atom. The zero-order valence-corrected chi connectivity index (χ0v) is 10.4. The fraction of sp³-hybridized carbons (Fsp3) is 0.818. The van der Waals surface area contributed by atoms with Gasteiger partial charge in [-0.3, -0.25) is 9.59 Å². The third-order valence-corrected chi connectivity index (χ3v) is 3.95. The van der Waals surface area contributed by atoms with Gasteiger partial charge in [-0.15, -0.1) is 0 Å². The van der Waals surface area contributed by atoms with Crippen LogP contribution in [-0.2, 0) is 9.59 Å². The molecular weight excluding hydrogens is 226 g/mol. The van der Waals surface area contributed by atoms with Crippen LogP contribution in [0, 0.1) is 0 Å². The van der Waals surface area contributed by atoms with Crippen LogP contribution in [-0.4, -0.2) is 34.0 Å². The zero-order valence-electron chi connectivity index (χ0n) is 9.57. The zero-order chi connectivity index (χ0) is 12.0. The molecular formula is C11H19NO3S. The molecule has 0 aliphatic heterocycles. The molecule has 1 aliphatic rings. The summed E-state index contributed by atoms with van der Waals surface area (Å²) in [5, 5.41) is 12.0. The van der Waals surface area contributed by atoms with Crippen LogP contribution in [0.1, 0.15) is 39.0 Å². The highest BCUT2D eigenvalue weighted by molar-refractivity contribution is 7.99. The van der Waals surface area contributed by atoms with Crippen molar-refractivity contribution >= 4 is 23.6 Å². The quantitative estimate of drug-likeness (QED) is 0.746. The fourth-order valence-electron chi connectivity index (χ4n) is 1.98. The molecule has 2 N–H and O–H groups in total. The normalized spacial score (nSPS) is 24.3. The second kappa shape index (κ2) is 6.78. The van der Waals surface area contributed by atoms with Gasteiger partial charge in [-0.2, -0.15) is 11.8 Å². The molecule has 5 heteroatoms. The van der Waals surface area contributed by atoms with E-state index in [4.69, 9.17) is 5.11 Å². The van der Waals surface area contributed by atoms with Gasteiger partial charge in [-0.05, 0) is 25.0 Å². The van der Waals surface area contributed by atoms with Crippen molar-refractivity contribution in [2.75, 3.05) is 5.75 Å². The minimum absolute atomic E-state index is 0.0777. The van der Waals surface area contributed by atoms with Gasteiger partial charge in [-0.25, -0.2) is 0 Å². The summed E-state index contributed by atoms with van der Waals surface area (Å²) >= 11 is 1.94. The first-order chi connectivity index (χ1) is 7.61. The van der Waals surface area contributed by atoms with E-state index in [9.17, 15) is 9.59 Å². The van der Waals surface area contributed by atoms with Crippen LogP contribution in [0.4, 0.5) is 0 Å². The summed E-state index contributed by atoms with van der Waals surface area (Å²) in [5.74, 6) is 0.0696. The molecule has 92 valence electrons. The Labute approximate surface area is 100 Å². The second-order valence-electron chi connectivity index (χ2n) is 4.05. The number of carbonyl (C=O) groups excluding carboxylic acids is 1. The average molecular weight is 245 g/mol. The Bertz CT molecular complexity index is 258. The number of carbonyl (C=O) groups is 2. The van der Waals surface area contributed by atoms with Crippen molar-refractivity contribution in [2.45, 2.75) is 50.3 Å². The molecule has 1 saturated carbocycles. The van der Waals surface area contributed by atoms with Crippen molar-refractivity contribution in [3.05, 3.63) is 0 Å². The van der Waals surface area contributed by atoms with Gasteiger partial charge >= 0.3 is 5.97 Å². The molecule has 4 nitrogen and oxygen atoms in total. The van der Waals surface area contributed by atoms with Crippen LogP contribution in [0.2, 0.25) is 0 Å². The van der Waals surface area contributed by atoms with Gasteiger partial charge in [0.1, 0.15) is 0 Å². The van der Waals surface area contributed by atoms with Gasteiger partial charge in [0, 0.05) is 17.7 Å². The van der Waals surface area contributed by atoms with Crippen LogP contribution in [0.25, 0.3) is 0 Å². The van der Waals surface area contributed by atoms with Gasteiger partial charge in [0.15, 0.2) is 0 Å². The van der Waals surface area contributed by atoms with Crippen molar-refractivity contribution in [2.24, 2.45) is 0 Å². The van der Waals surface area contributed by atoms with Crippen LogP contribution < -0.4 is 5.32 Å². The van der Waals surface area contributed by atoms with E-state index < -0.39 is 5.97 Å². The number of hydrogen-bond donors (Lipinski definition) is 2. The molecule has 0 heterocycles. The minimum atomic E-state index is -0.916. The average Bonchev–Trinajstić information content (AvgIpc) is 2.63. The van der Waals surface area contributed by atoms with E-state index >= 15 is 0 Å². The first kappa shape index (κ1) is 13.4. The summed E-state index contributed by atoms with van der Waals surface area (Å²) in [7, 11) is 0. The molecule has 0 spiro atoms. The van der Waals surface area contributed by atoms with Gasteiger partial charge < -0.3 is 10.4 Å². The Morgan fingerprint density at radius 1 is 1.38 bits per heavy atom. The van der Waals surface area contributed by atoms with Gasteiger partial charge in [-0.1, -0.05) is 6.92 Å². The van der Waals surface area contributed by atoms with Crippen molar-refractivity contribution in [1.29, 1.82) is 0 Å². The number of nitrogens with one attached hydrogen (secondary N) is 1. The largest absolute Gasteiger partial charge is 0.481 e. The number of carboxylic acids is 1. The van der Waals surface area contributed by atoms with Crippen LogP contribution in [0.3, 0.4) is 0 Å². The molecule has 2 atom stereocenters. The fourth-order valence-corrected chi connectivity index (χ4v) is 3.12. The summed E-state index contributed by atoms with van der Waals surface area (Å²) in [6.07, 6.45) is 3.22. The highest BCUT2D eigenvalue weighted by atomic mass is 32.2. The highest BCUT2D eigenvalue weighted by Crippen LogP contribution is 2.29. The summed E-state index contributed by atoms with van der Waals surface area (Å²) < 4.78 is 0. The number of rotatable bonds is 6. The predicted octanol–water partition coefficient (Wildman–Crippen LogP) is 1.64. The van der Waals surface area contributed by atoms with Crippen molar-refractivity contribution < 1.29 is 14.7 Å². The Balaban J connectivity index is 2.18. The Morgan fingerprint density at radius 3 is 2.75 bits per heavy atom. The second-order valence-corrected chi connectivity index (χ2v) is 5.63. The van der Waals surface area contributed by atoms with E-state index in [0.717, 1.165) is 25.0 Å². The van der Waals surface area contributed by atoms with E-state index in [1.807, 2.05) is 11.8 Å². The lowest BCUT2D eigenvalue weighted by Crippen LogP contribution is -2.33. The predicted molar refractivity (Wildman–Crippen MR) is 64.6 cm³/mol. The lowest BCUT2D eigenvalue weighted by Gasteiger charge is -2.12. The van der Waals surface area contributed by atoms with Crippen molar-refractivity contribution in [3.63, 3.8) is 0 Å². The standard InChI is InChI=1S/C11H19NO3S/c1-2-16-9-4-3-8(7-9)12-10(13)5-6-11(14)15/h8-9H,2-7H2,1H3,(H,12,13)(H,14,15). The highest BCUT2D eigenvalue weighted by Gasteiger charge is 2.25. The molecule has 1 fully saturated rings. The van der Waals surface area contributed by atoms with E-state index in [1.165, 1.54) is 0 Å². The smallest absolute Gasteiger partial charge is 0.303 e. The molecule has 0 aromatic carbocycles. The number of aliphatic carboxylic acids is 1. The maximum atomic E-state index is 11.4. The summed E-state index contributed by atoms with van der Waals surface area (Å²) in [6.45, 7) is 2.14. The van der Waals surface area contributed by atoms with Crippen LogP contribution >= 0.6 is 11.8 Å². The summed E-state index contributed by atoms with van der Waals surface area (Å²) in [6, 6.07) is 0.255. The van der Waals surface area contributed by atoms with Gasteiger partial charge in [0.2, 0.25) is 5.91 Å². The maximum Gasteiger partial charge on any atom is 0.303 e. The first-order valence-corrected chi connectivity index (χ1v) is 6.79. The Hall–Kier alpha value is -0.710. The third kappa shape index (κ3) is 4.88. The van der Waals surface area contributed by atoms with E-state index in [0.29, 0.717) is 5.25 Å². The van der Waals surface area contributed by atoms with Gasteiger partial charge in [0.05, 0.1) is 6.42 Å². The van der Waals surface area contributed by atoms with Crippen LogP contribution in [0.5, 0.6) is 0 Å². The lowest BCUT2D eigenvalue weighted by molar-refractivity contribution is -0.138. The Kier molecular flexibility index (Phi) is 5.66. The number of thioether (sulfide) groups is 1. The molecule has 0 radical (unpaired) electrons. The number of amides is 1. The lowest BCUT2D eigenvalue weighted by atomic mass is 10.2. The molecule has 0 bridgehead atoms. The minimum Gasteiger partial charge on any atom is -0.481 e. The van der Waals surface area contributed by atoms with E-state index in [-0.39, 0.29) is 24.8 Å². The molecule has 16 heavy (non-hydrogen) atoms. The molecule has 0 saturated heterocycles. The number of hydrogen-bond acceptors (Lipinski definition) is 3. The van der Waals surface area contributed by atoms with Crippen LogP contribution in [0.15, 0.2) is 0 Å². The summed E-state index contributed by atoms with van der Waals surface area (Å²) in [5.41, 5.74) is 0. The van der Waals surface area contributed by atoms with E-state index in [1.54, 1.807) is 0 Å². The third-order valence-electron chi connectivity index (χ3n) is 2.72. The molecule has 0 aromatic heterocycles. The molecule has 0 aromatic rings. The number of carboxylic acid groups (broad SMARTS) is 1. The van der Waals surface area contributed by atoms with E-state index in [2.05, 4.69) is 12.2 Å². The molecule has 1 amide bonds. The van der Waals surface area contributed by atoms with Crippen molar-refractivity contribution in [1.82, 2.24) is 5.32 Å². The SMILES string of the molecule is CCSC1CCC(NC(=O)CCC(=O)O)C1. The molecule has 1 aliphatic carbocycles. The van der Waals surface area contributed by atoms with Gasteiger partial charge in [0.25, 0.3) is 0 Å². The molecule has 1 rings (SSSR count).